The number of hydrogen-bond acceptors (Lipinski definition) is 5. The van der Waals surface area contributed by atoms with Crippen molar-refractivity contribution in [3.05, 3.63) is 35.9 Å². The summed E-state index contributed by atoms with van der Waals surface area (Å²) in [6.45, 7) is 2.41. The Labute approximate surface area is 113 Å². The van der Waals surface area contributed by atoms with Gasteiger partial charge in [0, 0.05) is 17.2 Å². The van der Waals surface area contributed by atoms with E-state index in [4.69, 9.17) is 10.3 Å². The molecule has 1 atom stereocenters. The van der Waals surface area contributed by atoms with Gasteiger partial charge < -0.3 is 10.3 Å². The maximum absolute atomic E-state index is 13.1. The monoisotopic (exact) mass is 277 g/mol. The first-order valence-electron chi connectivity index (χ1n) is 5.90. The van der Waals surface area contributed by atoms with E-state index in [1.165, 1.54) is 23.5 Å². The van der Waals surface area contributed by atoms with Crippen molar-refractivity contribution in [1.82, 2.24) is 10.1 Å². The average Bonchev–Trinajstić information content (AvgIpc) is 3.03. The van der Waals surface area contributed by atoms with E-state index >= 15 is 0 Å². The minimum Gasteiger partial charge on any atom is -0.333 e. The summed E-state index contributed by atoms with van der Waals surface area (Å²) in [7, 11) is 0. The van der Waals surface area contributed by atoms with Crippen molar-refractivity contribution in [2.24, 2.45) is 5.73 Å². The molecule has 0 spiro atoms. The Bertz CT molecular complexity index is 722. The fourth-order valence-corrected chi connectivity index (χ4v) is 2.76. The van der Waals surface area contributed by atoms with E-state index in [9.17, 15) is 4.39 Å². The van der Waals surface area contributed by atoms with Crippen LogP contribution >= 0.6 is 11.3 Å². The number of nitrogens with zero attached hydrogens (tertiary/aromatic N) is 2. The SMILES string of the molecule is CC(CN)c1noc(-c2cc3ccc(F)cc3s2)n1. The molecule has 1 unspecified atom stereocenters. The van der Waals surface area contributed by atoms with Crippen LogP contribution in [0.1, 0.15) is 18.7 Å². The van der Waals surface area contributed by atoms with Gasteiger partial charge in [-0.25, -0.2) is 4.39 Å². The van der Waals surface area contributed by atoms with Gasteiger partial charge in [0.05, 0.1) is 4.88 Å². The van der Waals surface area contributed by atoms with Crippen LogP contribution < -0.4 is 5.73 Å². The zero-order valence-corrected chi connectivity index (χ0v) is 11.1. The maximum Gasteiger partial charge on any atom is 0.268 e. The first-order valence-corrected chi connectivity index (χ1v) is 6.72. The van der Waals surface area contributed by atoms with Crippen LogP contribution in [0.5, 0.6) is 0 Å². The minimum atomic E-state index is -0.246. The second-order valence-corrected chi connectivity index (χ2v) is 5.47. The van der Waals surface area contributed by atoms with Crippen LogP contribution in [0.15, 0.2) is 28.8 Å². The van der Waals surface area contributed by atoms with E-state index in [1.54, 1.807) is 6.07 Å². The molecule has 0 saturated carbocycles. The second-order valence-electron chi connectivity index (χ2n) is 4.39. The van der Waals surface area contributed by atoms with Crippen molar-refractivity contribution < 1.29 is 8.91 Å². The van der Waals surface area contributed by atoms with Gasteiger partial charge in [0.25, 0.3) is 5.89 Å². The lowest BCUT2D eigenvalue weighted by molar-refractivity contribution is 0.418. The largest absolute Gasteiger partial charge is 0.333 e. The fourth-order valence-electron chi connectivity index (χ4n) is 1.75. The third-order valence-corrected chi connectivity index (χ3v) is 4.01. The molecule has 2 heterocycles. The van der Waals surface area contributed by atoms with E-state index in [1.807, 2.05) is 13.0 Å². The Balaban J connectivity index is 2.01. The minimum absolute atomic E-state index is 0.0596. The summed E-state index contributed by atoms with van der Waals surface area (Å²) in [5.41, 5.74) is 5.57. The highest BCUT2D eigenvalue weighted by atomic mass is 32.1. The molecule has 3 rings (SSSR count). The molecule has 6 heteroatoms. The molecule has 0 aliphatic heterocycles. The lowest BCUT2D eigenvalue weighted by Crippen LogP contribution is -2.10. The zero-order chi connectivity index (χ0) is 13.4. The standard InChI is InChI=1S/C13H12FN3OS/c1-7(6-15)12-16-13(18-17-12)11-4-8-2-3-9(14)5-10(8)19-11/h2-5,7H,6,15H2,1H3. The van der Waals surface area contributed by atoms with Gasteiger partial charge in [0.1, 0.15) is 5.82 Å². The number of thiophene rings is 1. The molecule has 3 aromatic rings. The molecule has 2 N–H and O–H groups in total. The molecule has 4 nitrogen and oxygen atoms in total. The molecule has 0 amide bonds. The summed E-state index contributed by atoms with van der Waals surface area (Å²) in [5.74, 6) is 0.867. The van der Waals surface area contributed by atoms with Gasteiger partial charge in [0.15, 0.2) is 5.82 Å². The molecular weight excluding hydrogens is 265 g/mol. The summed E-state index contributed by atoms with van der Waals surface area (Å²) < 4.78 is 19.2. The highest BCUT2D eigenvalue weighted by molar-refractivity contribution is 7.22. The van der Waals surface area contributed by atoms with Crippen molar-refractivity contribution in [2.75, 3.05) is 6.54 Å². The molecule has 2 aromatic heterocycles. The molecular formula is C13H12FN3OS. The van der Waals surface area contributed by atoms with E-state index in [2.05, 4.69) is 10.1 Å². The van der Waals surface area contributed by atoms with Gasteiger partial charge in [-0.1, -0.05) is 18.1 Å². The first-order chi connectivity index (χ1) is 9.17. The third-order valence-electron chi connectivity index (χ3n) is 2.93. The van der Waals surface area contributed by atoms with Gasteiger partial charge >= 0.3 is 0 Å². The summed E-state index contributed by atoms with van der Waals surface area (Å²) >= 11 is 1.43. The molecule has 0 aliphatic carbocycles. The van der Waals surface area contributed by atoms with Gasteiger partial charge in [-0.05, 0) is 23.6 Å². The van der Waals surface area contributed by atoms with E-state index in [-0.39, 0.29) is 11.7 Å². The van der Waals surface area contributed by atoms with Crippen LogP contribution in [0.25, 0.3) is 20.9 Å². The molecule has 0 fully saturated rings. The number of aromatic nitrogens is 2. The van der Waals surface area contributed by atoms with E-state index < -0.39 is 0 Å². The lowest BCUT2D eigenvalue weighted by Gasteiger charge is -1.98. The topological polar surface area (TPSA) is 64.9 Å². The van der Waals surface area contributed by atoms with Crippen molar-refractivity contribution >= 4 is 21.4 Å². The maximum atomic E-state index is 13.1. The Kier molecular flexibility index (Phi) is 3.04. The van der Waals surface area contributed by atoms with E-state index in [0.29, 0.717) is 18.3 Å². The summed E-state index contributed by atoms with van der Waals surface area (Å²) in [4.78, 5) is 5.16. The van der Waals surface area contributed by atoms with Gasteiger partial charge in [-0.3, -0.25) is 0 Å². The average molecular weight is 277 g/mol. The number of benzene rings is 1. The lowest BCUT2D eigenvalue weighted by atomic mass is 10.2. The predicted octanol–water partition coefficient (Wildman–Crippen LogP) is 3.15. The van der Waals surface area contributed by atoms with Crippen LogP contribution in [-0.2, 0) is 0 Å². The smallest absolute Gasteiger partial charge is 0.268 e. The van der Waals surface area contributed by atoms with Crippen LogP contribution in [0.3, 0.4) is 0 Å². The number of fused-ring (bicyclic) bond motifs is 1. The summed E-state index contributed by atoms with van der Waals surface area (Å²) in [6.07, 6.45) is 0. The normalized spacial score (nSPS) is 13.0. The van der Waals surface area contributed by atoms with Crippen molar-refractivity contribution in [3.63, 3.8) is 0 Å². The van der Waals surface area contributed by atoms with Gasteiger partial charge in [0.2, 0.25) is 0 Å². The third kappa shape index (κ3) is 2.24. The predicted molar refractivity (Wildman–Crippen MR) is 72.5 cm³/mol. The molecule has 1 aromatic carbocycles. The molecule has 0 aliphatic rings. The zero-order valence-electron chi connectivity index (χ0n) is 10.3. The Morgan fingerprint density at radius 3 is 3.05 bits per heavy atom. The number of hydrogen-bond donors (Lipinski definition) is 1. The Morgan fingerprint density at radius 1 is 1.42 bits per heavy atom. The second kappa shape index (κ2) is 4.71. The quantitative estimate of drug-likeness (QED) is 0.798. The van der Waals surface area contributed by atoms with Crippen molar-refractivity contribution in [3.8, 4) is 10.8 Å². The number of halogens is 1. The van der Waals surface area contributed by atoms with Crippen molar-refractivity contribution in [1.29, 1.82) is 0 Å². The highest BCUT2D eigenvalue weighted by Gasteiger charge is 2.15. The van der Waals surface area contributed by atoms with Gasteiger partial charge in [-0.15, -0.1) is 11.3 Å². The summed E-state index contributed by atoms with van der Waals surface area (Å²) in [6, 6.07) is 6.60. The van der Waals surface area contributed by atoms with Crippen LogP contribution in [0.2, 0.25) is 0 Å². The molecule has 98 valence electrons. The Hall–Kier alpha value is -1.79. The summed E-state index contributed by atoms with van der Waals surface area (Å²) in [5, 5.41) is 4.88. The molecule has 0 saturated heterocycles. The first kappa shape index (κ1) is 12.3. The molecule has 0 bridgehead atoms. The van der Waals surface area contributed by atoms with Gasteiger partial charge in [-0.2, -0.15) is 4.98 Å². The fraction of sp³-hybridized carbons (Fsp3) is 0.231. The molecule has 0 radical (unpaired) electrons. The number of nitrogens with two attached hydrogens (primary N) is 1. The van der Waals surface area contributed by atoms with Crippen LogP contribution in [0.4, 0.5) is 4.39 Å². The Morgan fingerprint density at radius 2 is 2.26 bits per heavy atom. The van der Waals surface area contributed by atoms with Crippen molar-refractivity contribution in [2.45, 2.75) is 12.8 Å². The van der Waals surface area contributed by atoms with Crippen LogP contribution in [-0.4, -0.2) is 16.7 Å². The highest BCUT2D eigenvalue weighted by Crippen LogP contribution is 2.33. The molecule has 19 heavy (non-hydrogen) atoms. The number of rotatable bonds is 3. The van der Waals surface area contributed by atoms with E-state index in [0.717, 1.165) is 15.0 Å². The van der Waals surface area contributed by atoms with Crippen LogP contribution in [0, 0.1) is 5.82 Å².